The molecule has 6 heteroatoms. The van der Waals surface area contributed by atoms with Gasteiger partial charge in [-0.3, -0.25) is 4.52 Å². The Bertz CT molecular complexity index is 503. The van der Waals surface area contributed by atoms with Crippen LogP contribution in [0.15, 0.2) is 30.3 Å². The van der Waals surface area contributed by atoms with E-state index >= 15 is 0 Å². The van der Waals surface area contributed by atoms with Gasteiger partial charge in [0.2, 0.25) is 0 Å². The van der Waals surface area contributed by atoms with Crippen molar-refractivity contribution in [1.29, 1.82) is 0 Å². The molecule has 0 heterocycles. The summed E-state index contributed by atoms with van der Waals surface area (Å²) in [6.45, 7) is 2.39. The van der Waals surface area contributed by atoms with Crippen molar-refractivity contribution >= 4 is 7.82 Å². The zero-order valence-electron chi connectivity index (χ0n) is 16.7. The van der Waals surface area contributed by atoms with E-state index in [-0.39, 0.29) is 6.61 Å². The molecule has 0 bridgehead atoms. The Balaban J connectivity index is 2.13. The SMILES string of the molecule is CCCCCCCCCCCCCC(COc1ccccc1)OP(=O)(O)O. The Kier molecular flexibility index (Phi) is 13.5. The van der Waals surface area contributed by atoms with Crippen LogP contribution in [0.2, 0.25) is 0 Å². The predicted octanol–water partition coefficient (Wildman–Crippen LogP) is 6.24. The van der Waals surface area contributed by atoms with Gasteiger partial charge in [-0.05, 0) is 18.6 Å². The van der Waals surface area contributed by atoms with Crippen LogP contribution in [-0.4, -0.2) is 22.5 Å². The van der Waals surface area contributed by atoms with E-state index in [1.165, 1.54) is 51.4 Å². The second kappa shape index (κ2) is 15.1. The van der Waals surface area contributed by atoms with Gasteiger partial charge < -0.3 is 14.5 Å². The third-order valence-corrected chi connectivity index (χ3v) is 5.17. The molecule has 0 saturated heterocycles. The summed E-state index contributed by atoms with van der Waals surface area (Å²) in [5.74, 6) is 0.677. The minimum atomic E-state index is -4.51. The summed E-state index contributed by atoms with van der Waals surface area (Å²) in [6.07, 6.45) is 13.7. The monoisotopic (exact) mass is 400 g/mol. The molecule has 1 aromatic carbocycles. The molecule has 0 fully saturated rings. The van der Waals surface area contributed by atoms with Gasteiger partial charge in [0, 0.05) is 0 Å². The number of phosphoric acid groups is 1. The molecule has 27 heavy (non-hydrogen) atoms. The van der Waals surface area contributed by atoms with Crippen LogP contribution in [0, 0.1) is 0 Å². The first-order valence-electron chi connectivity index (χ1n) is 10.4. The molecule has 0 amide bonds. The van der Waals surface area contributed by atoms with Crippen molar-refractivity contribution < 1.29 is 23.6 Å². The average Bonchev–Trinajstić information content (AvgIpc) is 2.63. The van der Waals surface area contributed by atoms with Crippen molar-refractivity contribution in [1.82, 2.24) is 0 Å². The van der Waals surface area contributed by atoms with Gasteiger partial charge >= 0.3 is 7.82 Å². The van der Waals surface area contributed by atoms with Gasteiger partial charge in [0.25, 0.3) is 0 Å². The quantitative estimate of drug-likeness (QED) is 0.239. The van der Waals surface area contributed by atoms with Crippen LogP contribution in [-0.2, 0) is 9.09 Å². The van der Waals surface area contributed by atoms with Crippen molar-refractivity contribution in [3.05, 3.63) is 30.3 Å². The van der Waals surface area contributed by atoms with Gasteiger partial charge in [-0.2, -0.15) is 0 Å². The molecule has 156 valence electrons. The summed E-state index contributed by atoms with van der Waals surface area (Å²) in [7, 11) is -4.51. The Morgan fingerprint density at radius 1 is 0.852 bits per heavy atom. The molecule has 2 N–H and O–H groups in total. The Hall–Kier alpha value is -0.870. The maximum atomic E-state index is 11.2. The van der Waals surface area contributed by atoms with E-state index in [9.17, 15) is 4.57 Å². The lowest BCUT2D eigenvalue weighted by atomic mass is 10.0. The maximum absolute atomic E-state index is 11.2. The lowest BCUT2D eigenvalue weighted by Gasteiger charge is -2.18. The number of hydrogen-bond acceptors (Lipinski definition) is 3. The van der Waals surface area contributed by atoms with Crippen molar-refractivity contribution in [3.63, 3.8) is 0 Å². The molecule has 1 atom stereocenters. The Labute approximate surface area is 164 Å². The van der Waals surface area contributed by atoms with E-state index < -0.39 is 13.9 Å². The topological polar surface area (TPSA) is 76.0 Å². The second-order valence-electron chi connectivity index (χ2n) is 7.17. The predicted molar refractivity (Wildman–Crippen MR) is 110 cm³/mol. The first kappa shape index (κ1) is 24.2. The number of phosphoric ester groups is 1. The normalized spacial score (nSPS) is 12.9. The van der Waals surface area contributed by atoms with Crippen molar-refractivity contribution in [3.8, 4) is 5.75 Å². The molecule has 1 aromatic rings. The summed E-state index contributed by atoms with van der Waals surface area (Å²) < 4.78 is 21.7. The fraction of sp³-hybridized carbons (Fsp3) is 0.714. The molecule has 0 saturated carbocycles. The number of unbranched alkanes of at least 4 members (excludes halogenated alkanes) is 10. The summed E-state index contributed by atoms with van der Waals surface area (Å²) in [4.78, 5) is 18.2. The van der Waals surface area contributed by atoms with Crippen LogP contribution in [0.3, 0.4) is 0 Å². The smallest absolute Gasteiger partial charge is 0.469 e. The van der Waals surface area contributed by atoms with E-state index in [1.54, 1.807) is 0 Å². The summed E-state index contributed by atoms with van der Waals surface area (Å²) in [6, 6.07) is 9.24. The highest BCUT2D eigenvalue weighted by atomic mass is 31.2. The fourth-order valence-corrected chi connectivity index (χ4v) is 3.66. The average molecular weight is 400 g/mol. The minimum Gasteiger partial charge on any atom is -0.491 e. The number of ether oxygens (including phenoxy) is 1. The standard InChI is InChI=1S/C21H37O5P/c1-2-3-4-5-6-7-8-9-10-11-13-18-21(26-27(22,23)24)19-25-20-16-14-12-15-17-20/h12,14-17,21H,2-11,13,18-19H2,1H3,(H2,22,23,24). The van der Waals surface area contributed by atoms with Crippen molar-refractivity contribution in [2.45, 2.75) is 90.1 Å². The van der Waals surface area contributed by atoms with E-state index in [4.69, 9.17) is 19.0 Å². The zero-order chi connectivity index (χ0) is 19.8. The van der Waals surface area contributed by atoms with E-state index in [1.807, 2.05) is 30.3 Å². The molecule has 0 aliphatic carbocycles. The molecule has 1 rings (SSSR count). The van der Waals surface area contributed by atoms with Gasteiger partial charge in [-0.1, -0.05) is 95.8 Å². The first-order chi connectivity index (χ1) is 13.0. The lowest BCUT2D eigenvalue weighted by Crippen LogP contribution is -2.20. The number of benzene rings is 1. The molecule has 0 aliphatic heterocycles. The maximum Gasteiger partial charge on any atom is 0.469 e. The molecule has 0 spiro atoms. The largest absolute Gasteiger partial charge is 0.491 e. The molecule has 1 unspecified atom stereocenters. The van der Waals surface area contributed by atoms with Gasteiger partial charge in [0.15, 0.2) is 0 Å². The summed E-state index contributed by atoms with van der Waals surface area (Å²) in [5, 5.41) is 0. The zero-order valence-corrected chi connectivity index (χ0v) is 17.6. The Morgan fingerprint density at radius 3 is 1.89 bits per heavy atom. The molecule has 5 nitrogen and oxygen atoms in total. The summed E-state index contributed by atoms with van der Waals surface area (Å²) >= 11 is 0. The van der Waals surface area contributed by atoms with E-state index in [0.29, 0.717) is 12.2 Å². The highest BCUT2D eigenvalue weighted by Gasteiger charge is 2.22. The molecular weight excluding hydrogens is 363 g/mol. The Morgan fingerprint density at radius 2 is 1.37 bits per heavy atom. The van der Waals surface area contributed by atoms with E-state index in [2.05, 4.69) is 6.92 Å². The highest BCUT2D eigenvalue weighted by Crippen LogP contribution is 2.38. The van der Waals surface area contributed by atoms with Crippen LogP contribution in [0.5, 0.6) is 5.75 Å². The molecule has 0 aliphatic rings. The molecule has 0 radical (unpaired) electrons. The van der Waals surface area contributed by atoms with Crippen LogP contribution in [0.1, 0.15) is 84.0 Å². The third-order valence-electron chi connectivity index (χ3n) is 4.60. The van der Waals surface area contributed by atoms with Crippen molar-refractivity contribution in [2.75, 3.05) is 6.61 Å². The van der Waals surface area contributed by atoms with Crippen LogP contribution in [0.4, 0.5) is 0 Å². The third kappa shape index (κ3) is 14.8. The fourth-order valence-electron chi connectivity index (χ4n) is 3.10. The highest BCUT2D eigenvalue weighted by molar-refractivity contribution is 7.46. The van der Waals surface area contributed by atoms with E-state index in [0.717, 1.165) is 19.3 Å². The van der Waals surface area contributed by atoms with Crippen LogP contribution < -0.4 is 4.74 Å². The lowest BCUT2D eigenvalue weighted by molar-refractivity contribution is 0.0818. The van der Waals surface area contributed by atoms with Crippen molar-refractivity contribution in [2.24, 2.45) is 0 Å². The number of hydrogen-bond donors (Lipinski definition) is 2. The molecular formula is C21H37O5P. The number of para-hydroxylation sites is 1. The van der Waals surface area contributed by atoms with Gasteiger partial charge in [-0.15, -0.1) is 0 Å². The minimum absolute atomic E-state index is 0.146. The molecule has 0 aromatic heterocycles. The van der Waals surface area contributed by atoms with Gasteiger partial charge in [-0.25, -0.2) is 4.57 Å². The second-order valence-corrected chi connectivity index (χ2v) is 8.36. The van der Waals surface area contributed by atoms with Crippen LogP contribution in [0.25, 0.3) is 0 Å². The number of rotatable bonds is 17. The van der Waals surface area contributed by atoms with Gasteiger partial charge in [0.1, 0.15) is 18.5 Å². The summed E-state index contributed by atoms with van der Waals surface area (Å²) in [5.41, 5.74) is 0. The first-order valence-corrected chi connectivity index (χ1v) is 12.0. The van der Waals surface area contributed by atoms with Gasteiger partial charge in [0.05, 0.1) is 0 Å². The van der Waals surface area contributed by atoms with Crippen LogP contribution >= 0.6 is 7.82 Å².